The number of carbonyl (C=O) groups excluding carboxylic acids is 1. The topological polar surface area (TPSA) is 29.5 Å². The molecule has 1 saturated carbocycles. The molecule has 3 nitrogen and oxygen atoms in total. The lowest BCUT2D eigenvalue weighted by Gasteiger charge is -2.24. The third kappa shape index (κ3) is 2.69. The summed E-state index contributed by atoms with van der Waals surface area (Å²) in [6, 6.07) is 0. The van der Waals surface area contributed by atoms with Gasteiger partial charge in [-0.2, -0.15) is 0 Å². The largest absolute Gasteiger partial charge is 0.444 e. The number of fused-ring (bicyclic) bond motifs is 1. The van der Waals surface area contributed by atoms with E-state index in [1.807, 2.05) is 25.7 Å². The Morgan fingerprint density at radius 1 is 1.12 bits per heavy atom. The lowest BCUT2D eigenvalue weighted by Crippen LogP contribution is -2.35. The van der Waals surface area contributed by atoms with Gasteiger partial charge in [-0.3, -0.25) is 0 Å². The summed E-state index contributed by atoms with van der Waals surface area (Å²) >= 11 is 0. The van der Waals surface area contributed by atoms with Crippen LogP contribution >= 0.6 is 0 Å². The molecular formula is C13H23NO2. The minimum atomic E-state index is -0.370. The van der Waals surface area contributed by atoms with Crippen molar-refractivity contribution in [1.29, 1.82) is 0 Å². The number of carbonyl (C=O) groups is 1. The number of rotatable bonds is 0. The molecule has 1 saturated heterocycles. The fourth-order valence-corrected chi connectivity index (χ4v) is 2.88. The van der Waals surface area contributed by atoms with E-state index in [1.165, 1.54) is 25.7 Å². The Labute approximate surface area is 98.1 Å². The number of ether oxygens (including phenoxy) is 1. The smallest absolute Gasteiger partial charge is 0.410 e. The Morgan fingerprint density at radius 3 is 2.06 bits per heavy atom. The molecule has 1 heterocycles. The normalized spacial score (nSPS) is 30.1. The zero-order valence-electron chi connectivity index (χ0n) is 10.7. The summed E-state index contributed by atoms with van der Waals surface area (Å²) in [5.41, 5.74) is -0.370. The van der Waals surface area contributed by atoms with Gasteiger partial charge in [0, 0.05) is 13.1 Å². The summed E-state index contributed by atoms with van der Waals surface area (Å²) in [6.45, 7) is 7.61. The molecule has 2 atom stereocenters. The average molecular weight is 225 g/mol. The quantitative estimate of drug-likeness (QED) is 0.634. The van der Waals surface area contributed by atoms with E-state index < -0.39 is 0 Å². The zero-order chi connectivity index (χ0) is 11.8. The number of hydrogen-bond acceptors (Lipinski definition) is 2. The van der Waals surface area contributed by atoms with Crippen LogP contribution in [0, 0.1) is 11.8 Å². The number of nitrogens with zero attached hydrogens (tertiary/aromatic N) is 1. The predicted octanol–water partition coefficient (Wildman–Crippen LogP) is 3.04. The molecule has 0 bridgehead atoms. The molecule has 2 rings (SSSR count). The van der Waals surface area contributed by atoms with E-state index in [-0.39, 0.29) is 11.7 Å². The van der Waals surface area contributed by atoms with Crippen LogP contribution in [0.1, 0.15) is 46.5 Å². The van der Waals surface area contributed by atoms with Crippen LogP contribution in [-0.2, 0) is 4.74 Å². The lowest BCUT2D eigenvalue weighted by atomic mass is 9.82. The van der Waals surface area contributed by atoms with Crippen LogP contribution in [0.4, 0.5) is 4.79 Å². The lowest BCUT2D eigenvalue weighted by molar-refractivity contribution is 0.0284. The molecule has 0 unspecified atom stereocenters. The number of amides is 1. The van der Waals surface area contributed by atoms with E-state index in [0.717, 1.165) is 24.9 Å². The minimum absolute atomic E-state index is 0.123. The van der Waals surface area contributed by atoms with Crippen LogP contribution < -0.4 is 0 Å². The van der Waals surface area contributed by atoms with Gasteiger partial charge in [0.1, 0.15) is 5.60 Å². The van der Waals surface area contributed by atoms with Crippen molar-refractivity contribution >= 4 is 6.09 Å². The maximum Gasteiger partial charge on any atom is 0.410 e. The summed E-state index contributed by atoms with van der Waals surface area (Å²) in [7, 11) is 0. The summed E-state index contributed by atoms with van der Waals surface area (Å²) in [6.07, 6.45) is 5.14. The second-order valence-corrected chi connectivity index (χ2v) is 6.19. The van der Waals surface area contributed by atoms with Crippen molar-refractivity contribution in [3.05, 3.63) is 0 Å². The molecule has 2 fully saturated rings. The van der Waals surface area contributed by atoms with Crippen LogP contribution in [0.2, 0.25) is 0 Å². The Hall–Kier alpha value is -0.730. The number of hydrogen-bond donors (Lipinski definition) is 0. The molecule has 3 heteroatoms. The highest BCUT2D eigenvalue weighted by molar-refractivity contribution is 5.68. The summed E-state index contributed by atoms with van der Waals surface area (Å²) in [4.78, 5) is 13.8. The SMILES string of the molecule is CC(C)(C)OC(=O)N1C[C@H]2CCCC[C@@H]2C1. The van der Waals surface area contributed by atoms with Crippen molar-refractivity contribution in [3.63, 3.8) is 0 Å². The zero-order valence-corrected chi connectivity index (χ0v) is 10.7. The van der Waals surface area contributed by atoms with Gasteiger partial charge in [0.2, 0.25) is 0 Å². The molecule has 2 aliphatic rings. The summed E-state index contributed by atoms with van der Waals surface area (Å²) in [5, 5.41) is 0. The molecule has 0 aromatic carbocycles. The van der Waals surface area contributed by atoms with E-state index in [1.54, 1.807) is 0 Å². The average Bonchev–Trinajstić information content (AvgIpc) is 2.58. The predicted molar refractivity (Wildman–Crippen MR) is 63.3 cm³/mol. The molecule has 0 radical (unpaired) electrons. The highest BCUT2D eigenvalue weighted by atomic mass is 16.6. The van der Waals surface area contributed by atoms with Gasteiger partial charge in [0.15, 0.2) is 0 Å². The van der Waals surface area contributed by atoms with Crippen LogP contribution in [0.15, 0.2) is 0 Å². The highest BCUT2D eigenvalue weighted by Gasteiger charge is 2.37. The molecular weight excluding hydrogens is 202 g/mol. The van der Waals surface area contributed by atoms with E-state index in [4.69, 9.17) is 4.74 Å². The Morgan fingerprint density at radius 2 is 1.62 bits per heavy atom. The molecule has 0 N–H and O–H groups in total. The molecule has 1 aliphatic carbocycles. The van der Waals surface area contributed by atoms with Crippen molar-refractivity contribution in [3.8, 4) is 0 Å². The Balaban J connectivity index is 1.90. The van der Waals surface area contributed by atoms with Crippen LogP contribution in [0.5, 0.6) is 0 Å². The minimum Gasteiger partial charge on any atom is -0.444 e. The first-order chi connectivity index (χ1) is 7.46. The van der Waals surface area contributed by atoms with Crippen molar-refractivity contribution in [2.24, 2.45) is 11.8 Å². The fourth-order valence-electron chi connectivity index (χ4n) is 2.88. The Bertz CT molecular complexity index is 256. The maximum absolute atomic E-state index is 11.9. The molecule has 0 aromatic heterocycles. The Kier molecular flexibility index (Phi) is 3.13. The first kappa shape index (κ1) is 11.7. The van der Waals surface area contributed by atoms with Gasteiger partial charge in [0.25, 0.3) is 0 Å². The fraction of sp³-hybridized carbons (Fsp3) is 0.923. The molecule has 1 aliphatic heterocycles. The monoisotopic (exact) mass is 225 g/mol. The second-order valence-electron chi connectivity index (χ2n) is 6.19. The van der Waals surface area contributed by atoms with E-state index in [0.29, 0.717) is 0 Å². The summed E-state index contributed by atoms with van der Waals surface area (Å²) < 4.78 is 5.41. The molecule has 92 valence electrons. The third-order valence-electron chi connectivity index (χ3n) is 3.63. The van der Waals surface area contributed by atoms with Crippen LogP contribution in [-0.4, -0.2) is 29.7 Å². The van der Waals surface area contributed by atoms with Gasteiger partial charge in [-0.15, -0.1) is 0 Å². The molecule has 0 aromatic rings. The highest BCUT2D eigenvalue weighted by Crippen LogP contribution is 2.36. The standard InChI is InChI=1S/C13H23NO2/c1-13(2,3)16-12(15)14-8-10-6-4-5-7-11(10)9-14/h10-11H,4-9H2,1-3H3/t10-,11-/m1/s1. The van der Waals surface area contributed by atoms with E-state index in [9.17, 15) is 4.79 Å². The molecule has 1 amide bonds. The van der Waals surface area contributed by atoms with Crippen molar-refractivity contribution in [2.45, 2.75) is 52.1 Å². The van der Waals surface area contributed by atoms with Crippen LogP contribution in [0.3, 0.4) is 0 Å². The van der Waals surface area contributed by atoms with Gasteiger partial charge in [-0.25, -0.2) is 4.79 Å². The number of likely N-dealkylation sites (tertiary alicyclic amines) is 1. The van der Waals surface area contributed by atoms with Gasteiger partial charge in [-0.05, 0) is 45.4 Å². The maximum atomic E-state index is 11.9. The second kappa shape index (κ2) is 4.27. The first-order valence-corrected chi connectivity index (χ1v) is 6.43. The van der Waals surface area contributed by atoms with Gasteiger partial charge in [0.05, 0.1) is 0 Å². The van der Waals surface area contributed by atoms with E-state index >= 15 is 0 Å². The molecule has 0 spiro atoms. The van der Waals surface area contributed by atoms with Crippen molar-refractivity contribution in [2.75, 3.05) is 13.1 Å². The van der Waals surface area contributed by atoms with Gasteiger partial charge in [-0.1, -0.05) is 12.8 Å². The molecule has 16 heavy (non-hydrogen) atoms. The van der Waals surface area contributed by atoms with Crippen molar-refractivity contribution < 1.29 is 9.53 Å². The van der Waals surface area contributed by atoms with Gasteiger partial charge < -0.3 is 9.64 Å². The summed E-state index contributed by atoms with van der Waals surface area (Å²) in [5.74, 6) is 1.47. The van der Waals surface area contributed by atoms with Crippen LogP contribution in [0.25, 0.3) is 0 Å². The van der Waals surface area contributed by atoms with Gasteiger partial charge >= 0.3 is 6.09 Å². The van der Waals surface area contributed by atoms with E-state index in [2.05, 4.69) is 0 Å². The van der Waals surface area contributed by atoms with Crippen molar-refractivity contribution in [1.82, 2.24) is 4.90 Å². The third-order valence-corrected chi connectivity index (χ3v) is 3.63. The first-order valence-electron chi connectivity index (χ1n) is 6.43.